The van der Waals surface area contributed by atoms with Gasteiger partial charge in [0, 0.05) is 45.8 Å². The van der Waals surface area contributed by atoms with Crippen LogP contribution in [0.5, 0.6) is 0 Å². The Kier molecular flexibility index (Phi) is 5.77. The van der Waals surface area contributed by atoms with E-state index in [1.807, 2.05) is 0 Å². The van der Waals surface area contributed by atoms with Gasteiger partial charge in [0.2, 0.25) is 5.91 Å². The third kappa shape index (κ3) is 4.22. The number of nitrogens with zero attached hydrogens (tertiary/aromatic N) is 2. The van der Waals surface area contributed by atoms with Crippen molar-refractivity contribution < 1.29 is 14.3 Å². The standard InChI is InChI=1S/C20H30N2O3/c1-16-6-4-5-7-17(16)12-22-10-8-18-20(14-22,9-11-25-18)15-24-13-19(23)21(2)3/h4-7,18H,8-15H2,1-3H3/t18-,20+/m0/s1. The summed E-state index contributed by atoms with van der Waals surface area (Å²) in [5.74, 6) is 0.0134. The van der Waals surface area contributed by atoms with Gasteiger partial charge in [0.25, 0.3) is 0 Å². The molecule has 25 heavy (non-hydrogen) atoms. The van der Waals surface area contributed by atoms with E-state index < -0.39 is 0 Å². The van der Waals surface area contributed by atoms with Crippen LogP contribution in [0.1, 0.15) is 24.0 Å². The molecular formula is C20H30N2O3. The van der Waals surface area contributed by atoms with Gasteiger partial charge in [-0.2, -0.15) is 0 Å². The molecular weight excluding hydrogens is 316 g/mol. The molecule has 2 aliphatic rings. The molecule has 0 N–H and O–H groups in total. The number of likely N-dealkylation sites (tertiary alicyclic amines) is 1. The van der Waals surface area contributed by atoms with Crippen LogP contribution in [0.3, 0.4) is 0 Å². The first-order valence-electron chi connectivity index (χ1n) is 9.16. The fourth-order valence-corrected chi connectivity index (χ4v) is 3.98. The van der Waals surface area contributed by atoms with E-state index in [0.29, 0.717) is 6.61 Å². The number of aryl methyl sites for hydroxylation is 1. The van der Waals surface area contributed by atoms with E-state index >= 15 is 0 Å². The Morgan fingerprint density at radius 2 is 2.20 bits per heavy atom. The zero-order valence-electron chi connectivity index (χ0n) is 15.7. The Morgan fingerprint density at radius 3 is 2.96 bits per heavy atom. The molecule has 0 bridgehead atoms. The summed E-state index contributed by atoms with van der Waals surface area (Å²) in [5.41, 5.74) is 2.75. The van der Waals surface area contributed by atoms with E-state index in [1.54, 1.807) is 19.0 Å². The van der Waals surface area contributed by atoms with Crippen LogP contribution in [0.4, 0.5) is 0 Å². The number of hydrogen-bond acceptors (Lipinski definition) is 4. The summed E-state index contributed by atoms with van der Waals surface area (Å²) in [7, 11) is 3.52. The zero-order chi connectivity index (χ0) is 17.9. The molecule has 2 fully saturated rings. The van der Waals surface area contributed by atoms with E-state index in [-0.39, 0.29) is 24.0 Å². The lowest BCUT2D eigenvalue weighted by Gasteiger charge is -2.43. The molecule has 5 heteroatoms. The number of hydrogen-bond donors (Lipinski definition) is 0. The average molecular weight is 346 g/mol. The van der Waals surface area contributed by atoms with Gasteiger partial charge < -0.3 is 14.4 Å². The van der Waals surface area contributed by atoms with Crippen molar-refractivity contribution in [3.05, 3.63) is 35.4 Å². The van der Waals surface area contributed by atoms with Crippen molar-refractivity contribution in [3.8, 4) is 0 Å². The number of piperidine rings is 1. The highest BCUT2D eigenvalue weighted by Gasteiger charge is 2.48. The van der Waals surface area contributed by atoms with Gasteiger partial charge >= 0.3 is 0 Å². The molecule has 2 saturated heterocycles. The maximum Gasteiger partial charge on any atom is 0.248 e. The zero-order valence-corrected chi connectivity index (χ0v) is 15.7. The van der Waals surface area contributed by atoms with Crippen LogP contribution in [0, 0.1) is 12.3 Å². The van der Waals surface area contributed by atoms with Crippen LogP contribution in [0.2, 0.25) is 0 Å². The summed E-state index contributed by atoms with van der Waals surface area (Å²) in [5, 5.41) is 0. The van der Waals surface area contributed by atoms with Gasteiger partial charge in [-0.1, -0.05) is 24.3 Å². The first-order chi connectivity index (χ1) is 12.0. The predicted molar refractivity (Wildman–Crippen MR) is 97.4 cm³/mol. The number of rotatable bonds is 6. The molecule has 0 aliphatic carbocycles. The summed E-state index contributed by atoms with van der Waals surface area (Å²) in [6.45, 7) is 6.72. The van der Waals surface area contributed by atoms with Crippen LogP contribution in [-0.2, 0) is 20.8 Å². The highest BCUT2D eigenvalue weighted by Crippen LogP contribution is 2.41. The number of carbonyl (C=O) groups excluding carboxylic acids is 1. The van der Waals surface area contributed by atoms with Crippen molar-refractivity contribution in [1.82, 2.24) is 9.80 Å². The summed E-state index contributed by atoms with van der Waals surface area (Å²) >= 11 is 0. The van der Waals surface area contributed by atoms with Gasteiger partial charge in [-0.25, -0.2) is 0 Å². The summed E-state index contributed by atoms with van der Waals surface area (Å²) in [6, 6.07) is 8.59. The molecule has 1 amide bonds. The van der Waals surface area contributed by atoms with E-state index in [9.17, 15) is 4.79 Å². The van der Waals surface area contributed by atoms with Crippen LogP contribution in [-0.4, -0.2) is 68.8 Å². The fraction of sp³-hybridized carbons (Fsp3) is 0.650. The Morgan fingerprint density at radius 1 is 1.40 bits per heavy atom. The lowest BCUT2D eigenvalue weighted by atomic mass is 9.77. The topological polar surface area (TPSA) is 42.0 Å². The maximum absolute atomic E-state index is 11.8. The summed E-state index contributed by atoms with van der Waals surface area (Å²) in [6.07, 6.45) is 2.31. The van der Waals surface area contributed by atoms with Crippen molar-refractivity contribution in [2.24, 2.45) is 5.41 Å². The number of ether oxygens (including phenoxy) is 2. The second kappa shape index (κ2) is 7.85. The molecule has 2 aliphatic heterocycles. The van der Waals surface area contributed by atoms with Gasteiger partial charge in [-0.3, -0.25) is 9.69 Å². The minimum atomic E-state index is 0.0134. The summed E-state index contributed by atoms with van der Waals surface area (Å²) < 4.78 is 11.8. The first-order valence-corrected chi connectivity index (χ1v) is 9.16. The van der Waals surface area contributed by atoms with Gasteiger partial charge in [-0.15, -0.1) is 0 Å². The number of likely N-dealkylation sites (N-methyl/N-ethyl adjacent to an activating group) is 1. The molecule has 5 nitrogen and oxygen atoms in total. The number of fused-ring (bicyclic) bond motifs is 1. The maximum atomic E-state index is 11.8. The van der Waals surface area contributed by atoms with Gasteiger partial charge in [0.15, 0.2) is 0 Å². The van der Waals surface area contributed by atoms with Crippen LogP contribution in [0.25, 0.3) is 0 Å². The Hall–Kier alpha value is -1.43. The third-order valence-electron chi connectivity index (χ3n) is 5.62. The minimum absolute atomic E-state index is 0.0134. The first kappa shape index (κ1) is 18.4. The molecule has 0 saturated carbocycles. The van der Waals surface area contributed by atoms with Gasteiger partial charge in [0.05, 0.1) is 12.7 Å². The molecule has 2 heterocycles. The predicted octanol–water partition coefficient (Wildman–Crippen LogP) is 2.08. The Labute approximate surface area is 150 Å². The fourth-order valence-electron chi connectivity index (χ4n) is 3.98. The lowest BCUT2D eigenvalue weighted by molar-refractivity contribution is -0.136. The van der Waals surface area contributed by atoms with Crippen molar-refractivity contribution in [2.75, 3.05) is 47.0 Å². The van der Waals surface area contributed by atoms with Crippen molar-refractivity contribution in [2.45, 2.75) is 32.4 Å². The largest absolute Gasteiger partial charge is 0.377 e. The number of amides is 1. The minimum Gasteiger partial charge on any atom is -0.377 e. The van der Waals surface area contributed by atoms with Crippen molar-refractivity contribution in [1.29, 1.82) is 0 Å². The second-order valence-electron chi connectivity index (χ2n) is 7.68. The lowest BCUT2D eigenvalue weighted by Crippen LogP contribution is -2.51. The Balaban J connectivity index is 1.62. The van der Waals surface area contributed by atoms with E-state index in [1.165, 1.54) is 11.1 Å². The molecule has 3 rings (SSSR count). The molecule has 138 valence electrons. The highest BCUT2D eigenvalue weighted by atomic mass is 16.5. The van der Waals surface area contributed by atoms with Crippen LogP contribution < -0.4 is 0 Å². The molecule has 1 aromatic carbocycles. The Bertz CT molecular complexity index is 604. The normalized spacial score (nSPS) is 26.4. The quantitative estimate of drug-likeness (QED) is 0.791. The number of benzene rings is 1. The van der Waals surface area contributed by atoms with E-state index in [4.69, 9.17) is 9.47 Å². The molecule has 0 aromatic heterocycles. The van der Waals surface area contributed by atoms with Crippen molar-refractivity contribution >= 4 is 5.91 Å². The van der Waals surface area contributed by atoms with Gasteiger partial charge in [0.1, 0.15) is 6.61 Å². The molecule has 1 aromatic rings. The molecule has 0 spiro atoms. The SMILES string of the molecule is Cc1ccccc1CN1CC[C@@H]2OCC[C@]2(COCC(=O)N(C)C)C1. The highest BCUT2D eigenvalue weighted by molar-refractivity contribution is 5.76. The summed E-state index contributed by atoms with van der Waals surface area (Å²) in [4.78, 5) is 15.9. The van der Waals surface area contributed by atoms with Crippen molar-refractivity contribution in [3.63, 3.8) is 0 Å². The second-order valence-corrected chi connectivity index (χ2v) is 7.68. The number of carbonyl (C=O) groups is 1. The van der Waals surface area contributed by atoms with Crippen LogP contribution >= 0.6 is 0 Å². The smallest absolute Gasteiger partial charge is 0.248 e. The van der Waals surface area contributed by atoms with E-state index in [2.05, 4.69) is 36.1 Å². The average Bonchev–Trinajstić information content (AvgIpc) is 3.00. The van der Waals surface area contributed by atoms with Crippen LogP contribution in [0.15, 0.2) is 24.3 Å². The molecule has 0 radical (unpaired) electrons. The molecule has 0 unspecified atom stereocenters. The third-order valence-corrected chi connectivity index (χ3v) is 5.62. The van der Waals surface area contributed by atoms with E-state index in [0.717, 1.165) is 39.1 Å². The monoisotopic (exact) mass is 346 g/mol. The molecule has 2 atom stereocenters. The van der Waals surface area contributed by atoms with Gasteiger partial charge in [-0.05, 0) is 30.9 Å².